The average Bonchev–Trinajstić information content (AvgIpc) is 2.76. The number of aromatic hydroxyl groups is 1. The van der Waals surface area contributed by atoms with E-state index >= 15 is 0 Å². The maximum Gasteiger partial charge on any atom is 0.251 e. The largest absolute Gasteiger partial charge is 0.508 e. The highest BCUT2D eigenvalue weighted by Crippen LogP contribution is 2.22. The highest BCUT2D eigenvalue weighted by molar-refractivity contribution is 5.94. The summed E-state index contributed by atoms with van der Waals surface area (Å²) in [5.41, 5.74) is 0.478. The van der Waals surface area contributed by atoms with E-state index in [1.54, 1.807) is 25.3 Å². The molecule has 0 aliphatic heterocycles. The highest BCUT2D eigenvalue weighted by atomic mass is 16.5. The summed E-state index contributed by atoms with van der Waals surface area (Å²) in [4.78, 5) is 11.9. The predicted octanol–water partition coefficient (Wildman–Crippen LogP) is 1.69. The number of carbonyl (C=O) groups excluding carboxylic acids is 1. The summed E-state index contributed by atoms with van der Waals surface area (Å²) in [5.74, 6) is -0.0535. The third-order valence-electron chi connectivity index (χ3n) is 3.18. The van der Waals surface area contributed by atoms with Crippen LogP contribution >= 0.6 is 0 Å². The van der Waals surface area contributed by atoms with Gasteiger partial charge >= 0.3 is 0 Å². The summed E-state index contributed by atoms with van der Waals surface area (Å²) in [6.07, 6.45) is 3.12. The smallest absolute Gasteiger partial charge is 0.251 e. The number of carbonyl (C=O) groups is 1. The molecule has 1 amide bonds. The van der Waals surface area contributed by atoms with Gasteiger partial charge in [0.2, 0.25) is 0 Å². The normalized spacial score (nSPS) is 23.6. The van der Waals surface area contributed by atoms with E-state index in [0.717, 1.165) is 19.3 Å². The van der Waals surface area contributed by atoms with E-state index in [1.807, 2.05) is 0 Å². The minimum atomic E-state index is -0.158. The van der Waals surface area contributed by atoms with Crippen molar-refractivity contribution in [3.8, 4) is 5.75 Å². The van der Waals surface area contributed by atoms with Gasteiger partial charge in [-0.05, 0) is 37.5 Å². The summed E-state index contributed by atoms with van der Waals surface area (Å²) < 4.78 is 5.32. The zero-order valence-corrected chi connectivity index (χ0v) is 9.85. The van der Waals surface area contributed by atoms with Crippen LogP contribution in [-0.4, -0.2) is 30.3 Å². The monoisotopic (exact) mass is 235 g/mol. The molecule has 17 heavy (non-hydrogen) atoms. The van der Waals surface area contributed by atoms with E-state index in [1.165, 1.54) is 6.07 Å². The number of rotatable bonds is 3. The van der Waals surface area contributed by atoms with Gasteiger partial charge in [0, 0.05) is 12.7 Å². The summed E-state index contributed by atoms with van der Waals surface area (Å²) in [5, 5.41) is 12.3. The number of phenolic OH excluding ortho intramolecular Hbond substituents is 1. The molecule has 2 rings (SSSR count). The summed E-state index contributed by atoms with van der Waals surface area (Å²) >= 11 is 0. The molecule has 0 heterocycles. The fraction of sp³-hybridized carbons (Fsp3) is 0.462. The molecule has 1 aromatic carbocycles. The van der Waals surface area contributed by atoms with Crippen LogP contribution in [0.4, 0.5) is 0 Å². The minimum absolute atomic E-state index is 0.0786. The topological polar surface area (TPSA) is 58.6 Å². The Morgan fingerprint density at radius 1 is 1.47 bits per heavy atom. The Labute approximate surface area is 101 Å². The number of hydrogen-bond donors (Lipinski definition) is 2. The van der Waals surface area contributed by atoms with Crippen molar-refractivity contribution in [2.75, 3.05) is 7.11 Å². The first-order valence-corrected chi connectivity index (χ1v) is 5.83. The van der Waals surface area contributed by atoms with Gasteiger partial charge in [0.05, 0.1) is 12.1 Å². The summed E-state index contributed by atoms with van der Waals surface area (Å²) in [6.45, 7) is 0. The first-order valence-electron chi connectivity index (χ1n) is 5.83. The zero-order chi connectivity index (χ0) is 12.3. The van der Waals surface area contributed by atoms with Gasteiger partial charge in [-0.15, -0.1) is 0 Å². The fourth-order valence-corrected chi connectivity index (χ4v) is 2.27. The number of hydrogen-bond acceptors (Lipinski definition) is 3. The second-order valence-electron chi connectivity index (χ2n) is 4.34. The standard InChI is InChI=1S/C13H17NO3/c1-17-12-7-3-6-11(12)14-13(16)9-4-2-5-10(15)8-9/h2,4-5,8,11-12,15H,3,6-7H2,1H3,(H,14,16). The second-order valence-corrected chi connectivity index (χ2v) is 4.34. The molecule has 0 radical (unpaired) electrons. The van der Waals surface area contributed by atoms with E-state index in [0.29, 0.717) is 5.56 Å². The van der Waals surface area contributed by atoms with Crippen molar-refractivity contribution >= 4 is 5.91 Å². The van der Waals surface area contributed by atoms with Crippen LogP contribution in [-0.2, 0) is 4.74 Å². The molecule has 0 saturated heterocycles. The molecular formula is C13H17NO3. The van der Waals surface area contributed by atoms with Gasteiger partial charge < -0.3 is 15.2 Å². The van der Waals surface area contributed by atoms with E-state index in [2.05, 4.69) is 5.32 Å². The lowest BCUT2D eigenvalue weighted by Crippen LogP contribution is -2.40. The van der Waals surface area contributed by atoms with Gasteiger partial charge in [-0.25, -0.2) is 0 Å². The average molecular weight is 235 g/mol. The molecule has 1 aliphatic carbocycles. The Hall–Kier alpha value is -1.55. The minimum Gasteiger partial charge on any atom is -0.508 e. The van der Waals surface area contributed by atoms with Gasteiger partial charge in [-0.1, -0.05) is 6.07 Å². The predicted molar refractivity (Wildman–Crippen MR) is 64.0 cm³/mol. The molecule has 2 N–H and O–H groups in total. The van der Waals surface area contributed by atoms with Crippen LogP contribution in [0, 0.1) is 0 Å². The molecule has 2 unspecified atom stereocenters. The van der Waals surface area contributed by atoms with E-state index in [-0.39, 0.29) is 23.8 Å². The summed E-state index contributed by atoms with van der Waals surface area (Å²) in [6, 6.07) is 6.43. The Kier molecular flexibility index (Phi) is 3.64. The van der Waals surface area contributed by atoms with Gasteiger partial charge in [0.15, 0.2) is 0 Å². The number of phenols is 1. The third kappa shape index (κ3) is 2.77. The van der Waals surface area contributed by atoms with Crippen LogP contribution in [0.5, 0.6) is 5.75 Å². The lowest BCUT2D eigenvalue weighted by molar-refractivity contribution is 0.0722. The molecule has 0 spiro atoms. The molecule has 2 atom stereocenters. The van der Waals surface area contributed by atoms with Crippen molar-refractivity contribution in [3.05, 3.63) is 29.8 Å². The maximum absolute atomic E-state index is 11.9. The van der Waals surface area contributed by atoms with E-state index in [9.17, 15) is 9.90 Å². The SMILES string of the molecule is COC1CCCC1NC(=O)c1cccc(O)c1. The number of ether oxygens (including phenoxy) is 1. The lowest BCUT2D eigenvalue weighted by atomic mass is 10.1. The van der Waals surface area contributed by atoms with Gasteiger partial charge in [0.25, 0.3) is 5.91 Å². The molecular weight excluding hydrogens is 218 g/mol. The van der Waals surface area contributed by atoms with E-state index in [4.69, 9.17) is 4.74 Å². The molecule has 0 bridgehead atoms. The van der Waals surface area contributed by atoms with Crippen molar-refractivity contribution in [1.82, 2.24) is 5.32 Å². The maximum atomic E-state index is 11.9. The molecule has 1 aliphatic rings. The second kappa shape index (κ2) is 5.19. The Bertz CT molecular complexity index is 405. The molecule has 1 saturated carbocycles. The number of amides is 1. The Balaban J connectivity index is 2.01. The molecule has 1 aromatic rings. The van der Waals surface area contributed by atoms with Gasteiger partial charge in [0.1, 0.15) is 5.75 Å². The highest BCUT2D eigenvalue weighted by Gasteiger charge is 2.28. The number of benzene rings is 1. The molecule has 4 nitrogen and oxygen atoms in total. The fourth-order valence-electron chi connectivity index (χ4n) is 2.27. The third-order valence-corrected chi connectivity index (χ3v) is 3.18. The van der Waals surface area contributed by atoms with Crippen molar-refractivity contribution in [3.63, 3.8) is 0 Å². The quantitative estimate of drug-likeness (QED) is 0.838. The van der Waals surface area contributed by atoms with Crippen molar-refractivity contribution < 1.29 is 14.6 Å². The van der Waals surface area contributed by atoms with Crippen molar-refractivity contribution in [2.45, 2.75) is 31.4 Å². The van der Waals surface area contributed by atoms with Crippen LogP contribution in [0.15, 0.2) is 24.3 Å². The van der Waals surface area contributed by atoms with Crippen LogP contribution in [0.3, 0.4) is 0 Å². The zero-order valence-electron chi connectivity index (χ0n) is 9.85. The van der Waals surface area contributed by atoms with Crippen molar-refractivity contribution in [1.29, 1.82) is 0 Å². The van der Waals surface area contributed by atoms with Gasteiger partial charge in [-0.2, -0.15) is 0 Å². The Morgan fingerprint density at radius 3 is 3.00 bits per heavy atom. The first kappa shape index (κ1) is 11.9. The van der Waals surface area contributed by atoms with E-state index < -0.39 is 0 Å². The molecule has 1 fully saturated rings. The van der Waals surface area contributed by atoms with Gasteiger partial charge in [-0.3, -0.25) is 4.79 Å². The van der Waals surface area contributed by atoms with Crippen LogP contribution in [0.25, 0.3) is 0 Å². The first-order chi connectivity index (χ1) is 8.20. The van der Waals surface area contributed by atoms with Crippen LogP contribution in [0.1, 0.15) is 29.6 Å². The Morgan fingerprint density at radius 2 is 2.29 bits per heavy atom. The van der Waals surface area contributed by atoms with Crippen LogP contribution in [0.2, 0.25) is 0 Å². The molecule has 92 valence electrons. The number of methoxy groups -OCH3 is 1. The summed E-state index contributed by atoms with van der Waals surface area (Å²) in [7, 11) is 1.67. The molecule has 4 heteroatoms. The number of nitrogens with one attached hydrogen (secondary N) is 1. The molecule has 0 aromatic heterocycles. The lowest BCUT2D eigenvalue weighted by Gasteiger charge is -2.19. The van der Waals surface area contributed by atoms with Crippen molar-refractivity contribution in [2.24, 2.45) is 0 Å². The van der Waals surface area contributed by atoms with Crippen LogP contribution < -0.4 is 5.32 Å².